The van der Waals surface area contributed by atoms with Crippen molar-refractivity contribution in [3.8, 4) is 5.75 Å². The zero-order chi connectivity index (χ0) is 17.2. The van der Waals surface area contributed by atoms with Crippen LogP contribution in [0.4, 0.5) is 5.69 Å². The van der Waals surface area contributed by atoms with E-state index in [1.807, 2.05) is 0 Å². The van der Waals surface area contributed by atoms with E-state index in [9.17, 15) is 4.79 Å². The number of nitrogens with one attached hydrogen (secondary N) is 2. The Morgan fingerprint density at radius 1 is 1.43 bits per heavy atom. The Hall–Kier alpha value is -1.83. The van der Waals surface area contributed by atoms with Crippen LogP contribution in [0.25, 0.3) is 0 Å². The van der Waals surface area contributed by atoms with Gasteiger partial charge in [0.15, 0.2) is 0 Å². The molecule has 1 aromatic rings. The van der Waals surface area contributed by atoms with Crippen LogP contribution in [-0.4, -0.2) is 55.6 Å². The molecule has 0 bridgehead atoms. The van der Waals surface area contributed by atoms with Crippen LogP contribution < -0.4 is 15.5 Å². The van der Waals surface area contributed by atoms with Gasteiger partial charge >= 0.3 is 0 Å². The molecule has 0 aliphatic heterocycles. The number of aliphatic imine (C=N–C) groups is 1. The average molecular weight is 343 g/mol. The van der Waals surface area contributed by atoms with Crippen LogP contribution in [0.2, 0.25) is 5.02 Å². The average Bonchev–Trinajstić information content (AvgIpc) is 2.57. The summed E-state index contributed by atoms with van der Waals surface area (Å²) in [7, 11) is 1.47. The summed E-state index contributed by atoms with van der Waals surface area (Å²) in [6, 6.07) is 3.03. The maximum absolute atomic E-state index is 12.3. The first-order chi connectivity index (χ1) is 11.1. The first-order valence-corrected chi connectivity index (χ1v) is 7.75. The molecule has 0 aliphatic rings. The molecule has 1 amide bonds. The highest BCUT2D eigenvalue weighted by Gasteiger charge is 2.15. The zero-order valence-electron chi connectivity index (χ0n) is 13.6. The third kappa shape index (κ3) is 5.70. The van der Waals surface area contributed by atoms with Gasteiger partial charge in [-0.3, -0.25) is 15.5 Å². The van der Waals surface area contributed by atoms with Gasteiger partial charge in [-0.15, -0.1) is 0 Å². The van der Waals surface area contributed by atoms with Gasteiger partial charge in [-0.05, 0) is 19.2 Å². The summed E-state index contributed by atoms with van der Waals surface area (Å²) in [5.74, 6) is 0.103. The SMILES string of the molecule is CCN(CC)CCNC(=O)c1cc(Cl)c(N=CNO)cc1OC. The quantitative estimate of drug-likeness (QED) is 0.363. The van der Waals surface area contributed by atoms with E-state index >= 15 is 0 Å². The van der Waals surface area contributed by atoms with Gasteiger partial charge in [0.05, 0.1) is 23.4 Å². The molecule has 0 spiro atoms. The van der Waals surface area contributed by atoms with Crippen molar-refractivity contribution in [2.75, 3.05) is 33.3 Å². The molecular weight excluding hydrogens is 320 g/mol. The van der Waals surface area contributed by atoms with E-state index < -0.39 is 0 Å². The molecule has 128 valence electrons. The lowest BCUT2D eigenvalue weighted by Gasteiger charge is -2.18. The maximum atomic E-state index is 12.3. The molecule has 23 heavy (non-hydrogen) atoms. The second-order valence-corrected chi connectivity index (χ2v) is 5.08. The van der Waals surface area contributed by atoms with Crippen LogP contribution in [-0.2, 0) is 0 Å². The fourth-order valence-corrected chi connectivity index (χ4v) is 2.26. The van der Waals surface area contributed by atoms with Crippen LogP contribution in [0.5, 0.6) is 5.75 Å². The molecule has 0 heterocycles. The van der Waals surface area contributed by atoms with Crippen molar-refractivity contribution in [2.24, 2.45) is 4.99 Å². The minimum Gasteiger partial charge on any atom is -0.496 e. The molecule has 0 fully saturated rings. The smallest absolute Gasteiger partial charge is 0.255 e. The lowest BCUT2D eigenvalue weighted by atomic mass is 10.1. The lowest BCUT2D eigenvalue weighted by Crippen LogP contribution is -2.34. The topological polar surface area (TPSA) is 86.2 Å². The summed E-state index contributed by atoms with van der Waals surface area (Å²) in [5, 5.41) is 11.7. The minimum atomic E-state index is -0.258. The summed E-state index contributed by atoms with van der Waals surface area (Å²) < 4.78 is 5.23. The van der Waals surface area contributed by atoms with Crippen molar-refractivity contribution in [2.45, 2.75) is 13.8 Å². The highest BCUT2D eigenvalue weighted by Crippen LogP contribution is 2.32. The summed E-state index contributed by atoms with van der Waals surface area (Å²) in [4.78, 5) is 18.4. The third-order valence-corrected chi connectivity index (χ3v) is 3.69. The number of rotatable bonds is 9. The Labute approximate surface area is 141 Å². The highest BCUT2D eigenvalue weighted by molar-refractivity contribution is 6.33. The molecule has 0 atom stereocenters. The molecule has 0 aliphatic carbocycles. The molecule has 3 N–H and O–H groups in total. The van der Waals surface area contributed by atoms with Crippen molar-refractivity contribution in [3.05, 3.63) is 22.7 Å². The number of halogens is 1. The van der Waals surface area contributed by atoms with Gasteiger partial charge in [0.2, 0.25) is 0 Å². The van der Waals surface area contributed by atoms with Crippen molar-refractivity contribution in [1.82, 2.24) is 15.7 Å². The number of carbonyl (C=O) groups is 1. The van der Waals surface area contributed by atoms with Crippen molar-refractivity contribution < 1.29 is 14.7 Å². The number of methoxy groups -OCH3 is 1. The number of benzene rings is 1. The Balaban J connectivity index is 2.83. The number of hydroxylamine groups is 1. The van der Waals surface area contributed by atoms with Crippen LogP contribution >= 0.6 is 11.6 Å². The highest BCUT2D eigenvalue weighted by atomic mass is 35.5. The Morgan fingerprint density at radius 2 is 2.13 bits per heavy atom. The first kappa shape index (κ1) is 19.2. The summed E-state index contributed by atoms with van der Waals surface area (Å²) >= 11 is 6.10. The van der Waals surface area contributed by atoms with Crippen LogP contribution in [0.15, 0.2) is 17.1 Å². The summed E-state index contributed by atoms with van der Waals surface area (Å²) in [6.45, 7) is 7.35. The van der Waals surface area contributed by atoms with E-state index in [0.717, 1.165) is 26.0 Å². The number of ether oxygens (including phenoxy) is 1. The molecule has 0 unspecified atom stereocenters. The second-order valence-electron chi connectivity index (χ2n) is 4.67. The van der Waals surface area contributed by atoms with Crippen LogP contribution in [0.1, 0.15) is 24.2 Å². The zero-order valence-corrected chi connectivity index (χ0v) is 14.4. The Morgan fingerprint density at radius 3 is 2.70 bits per heavy atom. The number of amides is 1. The summed E-state index contributed by atoms with van der Waals surface area (Å²) in [6.07, 6.45) is 1.07. The normalized spacial score (nSPS) is 11.0. The van der Waals surface area contributed by atoms with E-state index in [0.29, 0.717) is 23.5 Å². The predicted octanol–water partition coefficient (Wildman–Crippen LogP) is 2.06. The maximum Gasteiger partial charge on any atom is 0.255 e. The van der Waals surface area contributed by atoms with E-state index in [2.05, 4.69) is 29.1 Å². The van der Waals surface area contributed by atoms with Crippen molar-refractivity contribution >= 4 is 29.5 Å². The molecular formula is C15H23ClN4O3. The number of nitrogens with zero attached hydrogens (tertiary/aromatic N) is 2. The fraction of sp³-hybridized carbons (Fsp3) is 0.467. The van der Waals surface area contributed by atoms with Gasteiger partial charge in [-0.2, -0.15) is 0 Å². The van der Waals surface area contributed by atoms with Gasteiger partial charge in [0.1, 0.15) is 12.1 Å². The monoisotopic (exact) mass is 342 g/mol. The Bertz CT molecular complexity index is 548. The molecule has 0 saturated carbocycles. The first-order valence-electron chi connectivity index (χ1n) is 7.37. The lowest BCUT2D eigenvalue weighted by molar-refractivity contribution is 0.0946. The van der Waals surface area contributed by atoms with Crippen molar-refractivity contribution in [3.63, 3.8) is 0 Å². The van der Waals surface area contributed by atoms with Gasteiger partial charge in [0, 0.05) is 19.2 Å². The fourth-order valence-electron chi connectivity index (χ4n) is 2.05. The molecule has 0 aromatic heterocycles. The van der Waals surface area contributed by atoms with E-state index in [1.165, 1.54) is 19.2 Å². The van der Waals surface area contributed by atoms with E-state index in [1.54, 1.807) is 5.48 Å². The molecule has 0 radical (unpaired) electrons. The molecule has 7 nitrogen and oxygen atoms in total. The third-order valence-electron chi connectivity index (χ3n) is 3.38. The van der Waals surface area contributed by atoms with Crippen LogP contribution in [0, 0.1) is 0 Å². The van der Waals surface area contributed by atoms with Crippen LogP contribution in [0.3, 0.4) is 0 Å². The molecule has 0 saturated heterocycles. The van der Waals surface area contributed by atoms with Crippen molar-refractivity contribution in [1.29, 1.82) is 0 Å². The number of hydrogen-bond donors (Lipinski definition) is 3. The van der Waals surface area contributed by atoms with Gasteiger partial charge in [-0.25, -0.2) is 4.99 Å². The second kappa shape index (κ2) is 10.0. The predicted molar refractivity (Wildman–Crippen MR) is 91.2 cm³/mol. The van der Waals surface area contributed by atoms with E-state index in [4.69, 9.17) is 21.5 Å². The number of hydrogen-bond acceptors (Lipinski definition) is 5. The molecule has 8 heteroatoms. The molecule has 1 aromatic carbocycles. The minimum absolute atomic E-state index is 0.258. The number of carbonyl (C=O) groups excluding carboxylic acids is 1. The van der Waals surface area contributed by atoms with Gasteiger partial charge < -0.3 is 15.0 Å². The number of likely N-dealkylation sites (N-methyl/N-ethyl adjacent to an activating group) is 1. The molecule has 1 rings (SSSR count). The van der Waals surface area contributed by atoms with Gasteiger partial charge in [-0.1, -0.05) is 25.4 Å². The summed E-state index contributed by atoms with van der Waals surface area (Å²) in [5.41, 5.74) is 2.51. The van der Waals surface area contributed by atoms with Gasteiger partial charge in [0.25, 0.3) is 5.91 Å². The Kier molecular flexibility index (Phi) is 8.39. The van der Waals surface area contributed by atoms with E-state index in [-0.39, 0.29) is 10.9 Å². The largest absolute Gasteiger partial charge is 0.496 e. The standard InChI is InChI=1S/C15H23ClN4O3/c1-4-20(5-2)7-6-17-15(21)11-8-12(16)13(18-10-19-22)9-14(11)23-3/h8-10,22H,4-7H2,1-3H3,(H,17,21)(H,18,19).